The number of benzene rings is 1. The highest BCUT2D eigenvalue weighted by molar-refractivity contribution is 5.33. The molecule has 0 spiro atoms. The van der Waals surface area contributed by atoms with Gasteiger partial charge in [0.25, 0.3) is 0 Å². The Bertz CT molecular complexity index is 600. The molecule has 110 valence electrons. The predicted octanol–water partition coefficient (Wildman–Crippen LogP) is 2.20. The molecule has 2 heterocycles. The van der Waals surface area contributed by atoms with E-state index >= 15 is 0 Å². The van der Waals surface area contributed by atoms with Gasteiger partial charge in [0.1, 0.15) is 12.4 Å². The first-order valence-electron chi connectivity index (χ1n) is 7.37. The van der Waals surface area contributed by atoms with Crippen LogP contribution in [-0.2, 0) is 19.6 Å². The summed E-state index contributed by atoms with van der Waals surface area (Å²) in [5.74, 6) is 1.01. The van der Waals surface area contributed by atoms with Gasteiger partial charge in [-0.25, -0.2) is 0 Å². The first-order chi connectivity index (χ1) is 10.3. The molecule has 0 atom stereocenters. The van der Waals surface area contributed by atoms with Gasteiger partial charge in [-0.3, -0.25) is 9.88 Å². The number of rotatable bonds is 4. The van der Waals surface area contributed by atoms with Crippen molar-refractivity contribution in [3.63, 3.8) is 0 Å². The summed E-state index contributed by atoms with van der Waals surface area (Å²) >= 11 is 0. The Morgan fingerprint density at radius 1 is 1.14 bits per heavy atom. The molecule has 0 amide bonds. The Balaban J connectivity index is 1.72. The van der Waals surface area contributed by atoms with E-state index in [1.54, 1.807) is 0 Å². The summed E-state index contributed by atoms with van der Waals surface area (Å²) in [7, 11) is 1.94. The van der Waals surface area contributed by atoms with Crippen molar-refractivity contribution in [2.75, 3.05) is 20.2 Å². The van der Waals surface area contributed by atoms with Gasteiger partial charge in [-0.05, 0) is 25.2 Å². The quantitative estimate of drug-likeness (QED) is 0.933. The molecule has 0 saturated heterocycles. The van der Waals surface area contributed by atoms with Crippen molar-refractivity contribution in [2.45, 2.75) is 19.6 Å². The SMILES string of the molecule is CNCc1cccc(CN2CCOc3ccccc3C2)n1. The van der Waals surface area contributed by atoms with E-state index in [0.29, 0.717) is 0 Å². The van der Waals surface area contributed by atoms with Gasteiger partial charge in [0.05, 0.1) is 11.4 Å². The molecule has 4 heteroatoms. The number of ether oxygens (including phenoxy) is 1. The smallest absolute Gasteiger partial charge is 0.123 e. The van der Waals surface area contributed by atoms with Crippen LogP contribution in [-0.4, -0.2) is 30.1 Å². The molecule has 0 fully saturated rings. The molecule has 0 radical (unpaired) electrons. The second kappa shape index (κ2) is 6.70. The number of hydrogen-bond donors (Lipinski definition) is 1. The molecule has 1 aliphatic heterocycles. The summed E-state index contributed by atoms with van der Waals surface area (Å²) in [6, 6.07) is 14.5. The van der Waals surface area contributed by atoms with Crippen molar-refractivity contribution >= 4 is 0 Å². The topological polar surface area (TPSA) is 37.4 Å². The standard InChI is InChI=1S/C17H21N3O/c1-18-11-15-6-4-7-16(19-15)13-20-9-10-21-17-8-3-2-5-14(17)12-20/h2-8,18H,9-13H2,1H3. The first-order valence-corrected chi connectivity index (χ1v) is 7.37. The number of pyridine rings is 1. The third-order valence-corrected chi connectivity index (χ3v) is 3.64. The summed E-state index contributed by atoms with van der Waals surface area (Å²) in [6.07, 6.45) is 0. The fraction of sp³-hybridized carbons (Fsp3) is 0.353. The van der Waals surface area contributed by atoms with Crippen LogP contribution in [0.4, 0.5) is 0 Å². The van der Waals surface area contributed by atoms with Gasteiger partial charge in [0, 0.05) is 31.7 Å². The van der Waals surface area contributed by atoms with Crippen molar-refractivity contribution < 1.29 is 4.74 Å². The molecular formula is C17H21N3O. The molecular weight excluding hydrogens is 262 g/mol. The largest absolute Gasteiger partial charge is 0.492 e. The highest BCUT2D eigenvalue weighted by atomic mass is 16.5. The van der Waals surface area contributed by atoms with Crippen LogP contribution in [0.25, 0.3) is 0 Å². The number of aromatic nitrogens is 1. The molecule has 0 bridgehead atoms. The second-order valence-corrected chi connectivity index (χ2v) is 5.32. The Morgan fingerprint density at radius 3 is 2.90 bits per heavy atom. The minimum absolute atomic E-state index is 0.729. The zero-order valence-electron chi connectivity index (χ0n) is 12.4. The van der Waals surface area contributed by atoms with Gasteiger partial charge in [0.2, 0.25) is 0 Å². The van der Waals surface area contributed by atoms with Crippen LogP contribution in [0, 0.1) is 0 Å². The van der Waals surface area contributed by atoms with Crippen LogP contribution in [0.5, 0.6) is 5.75 Å². The number of nitrogens with one attached hydrogen (secondary N) is 1. The van der Waals surface area contributed by atoms with E-state index in [9.17, 15) is 0 Å². The van der Waals surface area contributed by atoms with Gasteiger partial charge in [-0.1, -0.05) is 24.3 Å². The van der Waals surface area contributed by atoms with E-state index in [0.717, 1.165) is 49.9 Å². The average Bonchev–Trinajstić information content (AvgIpc) is 2.69. The van der Waals surface area contributed by atoms with Crippen LogP contribution in [0.1, 0.15) is 17.0 Å². The lowest BCUT2D eigenvalue weighted by Gasteiger charge is -2.19. The van der Waals surface area contributed by atoms with E-state index < -0.39 is 0 Å². The first kappa shape index (κ1) is 14.0. The fourth-order valence-corrected chi connectivity index (χ4v) is 2.64. The third kappa shape index (κ3) is 3.60. The lowest BCUT2D eigenvalue weighted by Crippen LogP contribution is -2.26. The minimum Gasteiger partial charge on any atom is -0.492 e. The maximum atomic E-state index is 5.81. The summed E-state index contributed by atoms with van der Waals surface area (Å²) in [6.45, 7) is 4.23. The van der Waals surface area contributed by atoms with Gasteiger partial charge in [0.15, 0.2) is 0 Å². The summed E-state index contributed by atoms with van der Waals surface area (Å²) in [5.41, 5.74) is 3.45. The van der Waals surface area contributed by atoms with Crippen molar-refractivity contribution in [1.29, 1.82) is 0 Å². The van der Waals surface area contributed by atoms with Crippen LogP contribution >= 0.6 is 0 Å². The maximum Gasteiger partial charge on any atom is 0.123 e. The van der Waals surface area contributed by atoms with E-state index in [-0.39, 0.29) is 0 Å². The molecule has 0 unspecified atom stereocenters. The number of hydrogen-bond acceptors (Lipinski definition) is 4. The Labute approximate surface area is 125 Å². The summed E-state index contributed by atoms with van der Waals surface area (Å²) < 4.78 is 5.81. The second-order valence-electron chi connectivity index (χ2n) is 5.32. The average molecular weight is 283 g/mol. The Morgan fingerprint density at radius 2 is 2.00 bits per heavy atom. The lowest BCUT2D eigenvalue weighted by atomic mass is 10.2. The fourth-order valence-electron chi connectivity index (χ4n) is 2.64. The van der Waals surface area contributed by atoms with E-state index in [1.807, 2.05) is 19.2 Å². The Hall–Kier alpha value is -1.91. The van der Waals surface area contributed by atoms with Crippen molar-refractivity contribution in [1.82, 2.24) is 15.2 Å². The third-order valence-electron chi connectivity index (χ3n) is 3.64. The summed E-state index contributed by atoms with van der Waals surface area (Å²) in [4.78, 5) is 7.08. The minimum atomic E-state index is 0.729. The molecule has 1 aromatic heterocycles. The van der Waals surface area contributed by atoms with Gasteiger partial charge in [-0.15, -0.1) is 0 Å². The molecule has 3 rings (SSSR count). The number of nitrogens with zero attached hydrogens (tertiary/aromatic N) is 2. The van der Waals surface area contributed by atoms with Crippen LogP contribution in [0.15, 0.2) is 42.5 Å². The molecule has 1 aromatic carbocycles. The normalized spacial score (nSPS) is 15.1. The van der Waals surface area contributed by atoms with E-state index in [1.165, 1.54) is 5.56 Å². The van der Waals surface area contributed by atoms with Crippen molar-refractivity contribution in [2.24, 2.45) is 0 Å². The van der Waals surface area contributed by atoms with Crippen LogP contribution < -0.4 is 10.1 Å². The molecule has 4 nitrogen and oxygen atoms in total. The summed E-state index contributed by atoms with van der Waals surface area (Å²) in [5, 5.41) is 3.14. The van der Waals surface area contributed by atoms with Crippen molar-refractivity contribution in [3.8, 4) is 5.75 Å². The van der Waals surface area contributed by atoms with Crippen LogP contribution in [0.2, 0.25) is 0 Å². The number of fused-ring (bicyclic) bond motifs is 1. The zero-order chi connectivity index (χ0) is 14.5. The molecule has 1 aliphatic rings. The predicted molar refractivity (Wildman–Crippen MR) is 83.1 cm³/mol. The molecule has 2 aromatic rings. The van der Waals surface area contributed by atoms with Gasteiger partial charge in [-0.2, -0.15) is 0 Å². The highest BCUT2D eigenvalue weighted by Crippen LogP contribution is 2.23. The monoisotopic (exact) mass is 283 g/mol. The molecule has 21 heavy (non-hydrogen) atoms. The van der Waals surface area contributed by atoms with Gasteiger partial charge < -0.3 is 10.1 Å². The number of para-hydroxylation sites is 1. The highest BCUT2D eigenvalue weighted by Gasteiger charge is 2.15. The Kier molecular flexibility index (Phi) is 4.48. The van der Waals surface area contributed by atoms with Gasteiger partial charge >= 0.3 is 0 Å². The lowest BCUT2D eigenvalue weighted by molar-refractivity contribution is 0.217. The van der Waals surface area contributed by atoms with E-state index in [4.69, 9.17) is 9.72 Å². The maximum absolute atomic E-state index is 5.81. The van der Waals surface area contributed by atoms with E-state index in [2.05, 4.69) is 40.5 Å². The zero-order valence-corrected chi connectivity index (χ0v) is 12.4. The molecule has 0 saturated carbocycles. The molecule has 1 N–H and O–H groups in total. The van der Waals surface area contributed by atoms with Crippen LogP contribution in [0.3, 0.4) is 0 Å². The molecule has 0 aliphatic carbocycles. The van der Waals surface area contributed by atoms with Crippen molar-refractivity contribution in [3.05, 3.63) is 59.4 Å².